The monoisotopic (exact) mass is 398 g/mol. The molecule has 0 aromatic heterocycles. The van der Waals surface area contributed by atoms with Crippen LogP contribution >= 0.6 is 0 Å². The van der Waals surface area contributed by atoms with Crippen molar-refractivity contribution in [1.29, 1.82) is 0 Å². The quantitative estimate of drug-likeness (QED) is 0.433. The highest BCUT2D eigenvalue weighted by Crippen LogP contribution is 2.20. The molecule has 0 bridgehead atoms. The second kappa shape index (κ2) is 10.4. The molecular formula is C19H34N4O5. The van der Waals surface area contributed by atoms with E-state index in [1.54, 1.807) is 6.92 Å². The van der Waals surface area contributed by atoms with Crippen molar-refractivity contribution in [2.24, 2.45) is 17.6 Å². The number of carboxylic acids is 1. The van der Waals surface area contributed by atoms with Crippen LogP contribution < -0.4 is 16.4 Å². The Bertz CT molecular complexity index is 595. The van der Waals surface area contributed by atoms with E-state index < -0.39 is 42.0 Å². The number of nitrogens with zero attached hydrogens (tertiary/aromatic N) is 1. The van der Waals surface area contributed by atoms with Gasteiger partial charge < -0.3 is 26.4 Å². The van der Waals surface area contributed by atoms with Crippen molar-refractivity contribution in [3.63, 3.8) is 0 Å². The molecule has 1 saturated heterocycles. The van der Waals surface area contributed by atoms with E-state index in [4.69, 9.17) is 5.73 Å². The molecule has 0 radical (unpaired) electrons. The van der Waals surface area contributed by atoms with Crippen LogP contribution in [0, 0.1) is 11.8 Å². The Morgan fingerprint density at radius 3 is 2.25 bits per heavy atom. The number of carboxylic acid groups (broad SMARTS) is 1. The van der Waals surface area contributed by atoms with E-state index in [0.717, 1.165) is 0 Å². The van der Waals surface area contributed by atoms with E-state index >= 15 is 0 Å². The van der Waals surface area contributed by atoms with Crippen LogP contribution in [-0.4, -0.2) is 64.4 Å². The number of likely N-dealkylation sites (tertiary alicyclic amines) is 1. The van der Waals surface area contributed by atoms with Gasteiger partial charge in [-0.25, -0.2) is 4.79 Å². The van der Waals surface area contributed by atoms with Gasteiger partial charge >= 0.3 is 5.97 Å². The van der Waals surface area contributed by atoms with E-state index in [9.17, 15) is 24.3 Å². The fraction of sp³-hybridized carbons (Fsp3) is 0.789. The van der Waals surface area contributed by atoms with Gasteiger partial charge in [0.15, 0.2) is 0 Å². The third kappa shape index (κ3) is 5.92. The smallest absolute Gasteiger partial charge is 0.326 e. The number of aliphatic carboxylic acids is 1. The summed E-state index contributed by atoms with van der Waals surface area (Å²) in [5.41, 5.74) is 5.93. The van der Waals surface area contributed by atoms with Gasteiger partial charge in [-0.1, -0.05) is 34.1 Å². The number of rotatable bonds is 9. The molecular weight excluding hydrogens is 364 g/mol. The molecule has 0 aromatic carbocycles. The number of amides is 3. The Kier molecular flexibility index (Phi) is 8.87. The number of hydrogen-bond donors (Lipinski definition) is 4. The van der Waals surface area contributed by atoms with Crippen LogP contribution in [0.3, 0.4) is 0 Å². The van der Waals surface area contributed by atoms with Crippen molar-refractivity contribution in [3.05, 3.63) is 0 Å². The second-order valence-electron chi connectivity index (χ2n) is 7.90. The first-order valence-electron chi connectivity index (χ1n) is 9.90. The maximum absolute atomic E-state index is 12.6. The fourth-order valence-electron chi connectivity index (χ4n) is 3.12. The van der Waals surface area contributed by atoms with Crippen molar-refractivity contribution in [2.45, 2.75) is 78.0 Å². The fourth-order valence-corrected chi connectivity index (χ4v) is 3.12. The highest BCUT2D eigenvalue weighted by atomic mass is 16.4. The van der Waals surface area contributed by atoms with Crippen LogP contribution in [-0.2, 0) is 19.2 Å². The van der Waals surface area contributed by atoms with E-state index in [1.807, 2.05) is 20.8 Å². The van der Waals surface area contributed by atoms with E-state index in [1.165, 1.54) is 11.8 Å². The summed E-state index contributed by atoms with van der Waals surface area (Å²) in [6.07, 6.45) is 1.78. The molecule has 9 heteroatoms. The van der Waals surface area contributed by atoms with Gasteiger partial charge in [0.1, 0.15) is 18.1 Å². The molecule has 5 atom stereocenters. The van der Waals surface area contributed by atoms with Crippen LogP contribution in [0.25, 0.3) is 0 Å². The maximum Gasteiger partial charge on any atom is 0.326 e. The normalized spacial score (nSPS) is 21.0. The topological polar surface area (TPSA) is 142 Å². The maximum atomic E-state index is 12.6. The molecule has 5 unspecified atom stereocenters. The average molecular weight is 399 g/mol. The molecule has 0 saturated carbocycles. The Morgan fingerprint density at radius 1 is 1.14 bits per heavy atom. The summed E-state index contributed by atoms with van der Waals surface area (Å²) in [6.45, 7) is 9.21. The molecule has 0 spiro atoms. The molecule has 160 valence electrons. The molecule has 1 aliphatic heterocycles. The summed E-state index contributed by atoms with van der Waals surface area (Å²) < 4.78 is 0. The van der Waals surface area contributed by atoms with Crippen molar-refractivity contribution < 1.29 is 24.3 Å². The van der Waals surface area contributed by atoms with Gasteiger partial charge in [0.05, 0.1) is 6.04 Å². The van der Waals surface area contributed by atoms with Crippen LogP contribution in [0.4, 0.5) is 0 Å². The van der Waals surface area contributed by atoms with E-state index in [0.29, 0.717) is 25.8 Å². The zero-order chi connectivity index (χ0) is 21.6. The standard InChI is InChI=1S/C19H34N4O5/c1-6-11(4)15(19(27)28)22-16(24)12(5)21-17(25)13-8-7-9-23(13)18(26)14(20)10(2)3/h10-15H,6-9,20H2,1-5H3,(H,21,25)(H,22,24)(H,27,28). The Hall–Kier alpha value is -2.16. The summed E-state index contributed by atoms with van der Waals surface area (Å²) in [4.78, 5) is 50.4. The lowest BCUT2D eigenvalue weighted by atomic mass is 9.99. The predicted octanol–water partition coefficient (Wildman–Crippen LogP) is 0.0809. The SMILES string of the molecule is CCC(C)C(NC(=O)C(C)NC(=O)C1CCCN1C(=O)C(N)C(C)C)C(=O)O. The number of nitrogens with two attached hydrogens (primary N) is 1. The number of nitrogens with one attached hydrogen (secondary N) is 2. The number of carbonyl (C=O) groups excluding carboxylic acids is 3. The lowest BCUT2D eigenvalue weighted by Gasteiger charge is -2.29. The van der Waals surface area contributed by atoms with Crippen molar-refractivity contribution in [1.82, 2.24) is 15.5 Å². The van der Waals surface area contributed by atoms with Gasteiger partial charge in [-0.15, -0.1) is 0 Å². The van der Waals surface area contributed by atoms with Crippen LogP contribution in [0.1, 0.15) is 53.9 Å². The lowest BCUT2D eigenvalue weighted by molar-refractivity contribution is -0.144. The molecule has 0 aliphatic carbocycles. The van der Waals surface area contributed by atoms with E-state index in [-0.39, 0.29) is 17.7 Å². The second-order valence-corrected chi connectivity index (χ2v) is 7.90. The largest absolute Gasteiger partial charge is 0.480 e. The predicted molar refractivity (Wildman–Crippen MR) is 104 cm³/mol. The van der Waals surface area contributed by atoms with Gasteiger partial charge in [-0.05, 0) is 31.6 Å². The summed E-state index contributed by atoms with van der Waals surface area (Å²) in [5, 5.41) is 14.4. The van der Waals surface area contributed by atoms with Gasteiger partial charge in [-0.2, -0.15) is 0 Å². The third-order valence-corrected chi connectivity index (χ3v) is 5.37. The molecule has 28 heavy (non-hydrogen) atoms. The summed E-state index contributed by atoms with van der Waals surface area (Å²) in [6, 6.07) is -3.29. The minimum Gasteiger partial charge on any atom is -0.480 e. The minimum atomic E-state index is -1.11. The van der Waals surface area contributed by atoms with Crippen LogP contribution in [0.2, 0.25) is 0 Å². The molecule has 1 fully saturated rings. The Labute approximate surface area is 166 Å². The van der Waals surface area contributed by atoms with E-state index in [2.05, 4.69) is 10.6 Å². The van der Waals surface area contributed by atoms with Crippen LogP contribution in [0.5, 0.6) is 0 Å². The molecule has 1 heterocycles. The average Bonchev–Trinajstić information content (AvgIpc) is 3.13. The number of hydrogen-bond acceptors (Lipinski definition) is 5. The first-order valence-corrected chi connectivity index (χ1v) is 9.90. The molecule has 1 rings (SSSR count). The van der Waals surface area contributed by atoms with Gasteiger partial charge in [0.2, 0.25) is 17.7 Å². The van der Waals surface area contributed by atoms with Crippen molar-refractivity contribution in [2.75, 3.05) is 6.54 Å². The zero-order valence-electron chi connectivity index (χ0n) is 17.4. The van der Waals surface area contributed by atoms with Gasteiger partial charge in [0.25, 0.3) is 0 Å². The Morgan fingerprint density at radius 2 is 1.75 bits per heavy atom. The minimum absolute atomic E-state index is 0.0463. The summed E-state index contributed by atoms with van der Waals surface area (Å²) >= 11 is 0. The molecule has 3 amide bonds. The van der Waals surface area contributed by atoms with Gasteiger partial charge in [0, 0.05) is 6.54 Å². The van der Waals surface area contributed by atoms with Crippen molar-refractivity contribution >= 4 is 23.7 Å². The van der Waals surface area contributed by atoms with Gasteiger partial charge in [-0.3, -0.25) is 14.4 Å². The third-order valence-electron chi connectivity index (χ3n) is 5.37. The first kappa shape index (κ1) is 23.9. The van der Waals surface area contributed by atoms with Crippen LogP contribution in [0.15, 0.2) is 0 Å². The first-order chi connectivity index (χ1) is 13.0. The lowest BCUT2D eigenvalue weighted by Crippen LogP contribution is -2.56. The summed E-state index contributed by atoms with van der Waals surface area (Å²) in [7, 11) is 0. The zero-order valence-corrected chi connectivity index (χ0v) is 17.4. The van der Waals surface area contributed by atoms with Crippen molar-refractivity contribution in [3.8, 4) is 0 Å². The molecule has 5 N–H and O–H groups in total. The number of carbonyl (C=O) groups is 4. The highest BCUT2D eigenvalue weighted by molar-refractivity contribution is 5.94. The summed E-state index contributed by atoms with van der Waals surface area (Å²) in [5.74, 6) is -2.68. The molecule has 0 aromatic rings. The highest BCUT2D eigenvalue weighted by Gasteiger charge is 2.38. The molecule has 9 nitrogen and oxygen atoms in total. The Balaban J connectivity index is 2.73. The molecule has 1 aliphatic rings.